The third-order valence-corrected chi connectivity index (χ3v) is 4.65. The Morgan fingerprint density at radius 3 is 2.46 bits per heavy atom. The topological polar surface area (TPSA) is 67.4 Å². The van der Waals surface area contributed by atoms with Gasteiger partial charge in [0.25, 0.3) is 5.56 Å². The Balaban J connectivity index is 2.32. The second-order valence-corrected chi connectivity index (χ2v) is 7.16. The Morgan fingerprint density at radius 2 is 1.79 bits per heavy atom. The van der Waals surface area contributed by atoms with Gasteiger partial charge < -0.3 is 9.14 Å². The summed E-state index contributed by atoms with van der Waals surface area (Å²) in [5, 5.41) is 11.1. The maximum atomic E-state index is 12.8. The number of benzene rings is 1. The van der Waals surface area contributed by atoms with Crippen LogP contribution in [-0.4, -0.2) is 9.38 Å². The Labute approximate surface area is 139 Å². The van der Waals surface area contributed by atoms with Crippen molar-refractivity contribution in [1.29, 1.82) is 5.26 Å². The molecule has 1 aliphatic heterocycles. The highest BCUT2D eigenvalue weighted by Crippen LogP contribution is 2.45. The first-order chi connectivity index (χ1) is 11.3. The van der Waals surface area contributed by atoms with Crippen LogP contribution >= 0.6 is 0 Å². The van der Waals surface area contributed by atoms with Crippen molar-refractivity contribution in [3.8, 4) is 6.07 Å². The Hall–Kier alpha value is -2.71. The molecule has 0 bridgehead atoms. The first-order valence-electron chi connectivity index (χ1n) is 7.85. The first kappa shape index (κ1) is 14.9. The summed E-state index contributed by atoms with van der Waals surface area (Å²) in [5.41, 5.74) is 0.792. The van der Waals surface area contributed by atoms with Crippen molar-refractivity contribution in [2.45, 2.75) is 38.9 Å². The molecule has 120 valence electrons. The maximum Gasteiger partial charge on any atom is 0.279 e. The molecule has 0 spiro atoms. The van der Waals surface area contributed by atoms with Gasteiger partial charge in [-0.25, -0.2) is 0 Å². The average Bonchev–Trinajstić information content (AvgIpc) is 2.72. The number of hydrogen-bond donors (Lipinski definition) is 0. The van der Waals surface area contributed by atoms with Crippen molar-refractivity contribution < 1.29 is 4.74 Å². The normalized spacial score (nSPS) is 17.8. The van der Waals surface area contributed by atoms with Gasteiger partial charge in [0.1, 0.15) is 17.3 Å². The molecule has 3 aromatic rings. The molecule has 0 unspecified atom stereocenters. The second-order valence-electron chi connectivity index (χ2n) is 7.16. The maximum absolute atomic E-state index is 12.8. The number of fused-ring (bicyclic) bond motifs is 5. The second kappa shape index (κ2) is 4.43. The smallest absolute Gasteiger partial charge is 0.279 e. The fraction of sp³-hybridized carbons (Fsp3) is 0.316. The van der Waals surface area contributed by atoms with Crippen LogP contribution in [0.25, 0.3) is 16.4 Å². The van der Waals surface area contributed by atoms with Crippen LogP contribution in [-0.2, 0) is 15.9 Å². The summed E-state index contributed by atoms with van der Waals surface area (Å²) in [4.78, 5) is 17.1. The van der Waals surface area contributed by atoms with E-state index >= 15 is 0 Å². The van der Waals surface area contributed by atoms with Crippen molar-refractivity contribution in [1.82, 2.24) is 9.38 Å². The first-order valence-corrected chi connectivity index (χ1v) is 7.85. The van der Waals surface area contributed by atoms with Crippen LogP contribution in [0.15, 0.2) is 35.3 Å². The van der Waals surface area contributed by atoms with Crippen molar-refractivity contribution in [2.75, 3.05) is 0 Å². The molecule has 2 aromatic heterocycles. The van der Waals surface area contributed by atoms with Crippen LogP contribution in [0.1, 0.15) is 44.5 Å². The number of rotatable bonds is 0. The molecule has 0 aliphatic carbocycles. The van der Waals surface area contributed by atoms with Gasteiger partial charge in [0.15, 0.2) is 0 Å². The fourth-order valence-electron chi connectivity index (χ4n) is 3.92. The van der Waals surface area contributed by atoms with E-state index in [1.54, 1.807) is 6.20 Å². The molecular formula is C19H17N3O2. The van der Waals surface area contributed by atoms with Gasteiger partial charge in [-0.1, -0.05) is 24.3 Å². The quantitative estimate of drug-likeness (QED) is 0.597. The third-order valence-electron chi connectivity index (χ3n) is 4.65. The van der Waals surface area contributed by atoms with Gasteiger partial charge in [0.2, 0.25) is 0 Å². The van der Waals surface area contributed by atoms with E-state index in [-0.39, 0.29) is 5.56 Å². The largest absolute Gasteiger partial charge is 0.358 e. The van der Waals surface area contributed by atoms with Crippen LogP contribution in [0.5, 0.6) is 0 Å². The highest BCUT2D eigenvalue weighted by molar-refractivity contribution is 5.97. The molecular weight excluding hydrogens is 302 g/mol. The molecule has 0 amide bonds. The van der Waals surface area contributed by atoms with E-state index in [0.29, 0.717) is 16.8 Å². The minimum atomic E-state index is -0.720. The molecule has 0 N–H and O–H groups in total. The van der Waals surface area contributed by atoms with Crippen molar-refractivity contribution in [3.63, 3.8) is 0 Å². The van der Waals surface area contributed by atoms with Gasteiger partial charge in [-0.2, -0.15) is 10.2 Å². The number of pyridine rings is 1. The highest BCUT2D eigenvalue weighted by Gasteiger charge is 2.47. The lowest BCUT2D eigenvalue weighted by molar-refractivity contribution is -0.106. The van der Waals surface area contributed by atoms with Crippen LogP contribution in [0.3, 0.4) is 0 Å². The minimum Gasteiger partial charge on any atom is -0.358 e. The van der Waals surface area contributed by atoms with Crippen LogP contribution < -0.4 is 5.56 Å². The van der Waals surface area contributed by atoms with Crippen LogP contribution in [0.4, 0.5) is 0 Å². The number of hydrogen-bond acceptors (Lipinski definition) is 4. The summed E-state index contributed by atoms with van der Waals surface area (Å²) < 4.78 is 7.99. The zero-order chi connectivity index (χ0) is 17.3. The lowest BCUT2D eigenvalue weighted by Gasteiger charge is -2.24. The zero-order valence-corrected chi connectivity index (χ0v) is 14.0. The highest BCUT2D eigenvalue weighted by atomic mass is 16.5. The number of aromatic nitrogens is 2. The predicted molar refractivity (Wildman–Crippen MR) is 90.8 cm³/mol. The molecule has 1 aromatic carbocycles. The fourth-order valence-corrected chi connectivity index (χ4v) is 3.92. The van der Waals surface area contributed by atoms with E-state index in [2.05, 4.69) is 11.1 Å². The summed E-state index contributed by atoms with van der Waals surface area (Å²) in [6, 6.07) is 9.77. The molecule has 0 fully saturated rings. The van der Waals surface area contributed by atoms with E-state index in [4.69, 9.17) is 4.74 Å². The average molecular weight is 319 g/mol. The summed E-state index contributed by atoms with van der Waals surface area (Å²) in [7, 11) is 0. The van der Waals surface area contributed by atoms with Crippen molar-refractivity contribution >= 4 is 16.4 Å². The van der Waals surface area contributed by atoms with Gasteiger partial charge in [-0.05, 0) is 27.7 Å². The van der Waals surface area contributed by atoms with Crippen LogP contribution in [0.2, 0.25) is 0 Å². The third kappa shape index (κ3) is 1.78. The Kier molecular flexibility index (Phi) is 2.74. The zero-order valence-electron chi connectivity index (χ0n) is 14.0. The van der Waals surface area contributed by atoms with E-state index in [1.165, 1.54) is 0 Å². The number of nitrogens with zero attached hydrogens (tertiary/aromatic N) is 3. The van der Waals surface area contributed by atoms with Gasteiger partial charge >= 0.3 is 0 Å². The number of ether oxygens (including phenoxy) is 1. The Morgan fingerprint density at radius 1 is 1.12 bits per heavy atom. The van der Waals surface area contributed by atoms with Crippen molar-refractivity contribution in [3.05, 3.63) is 57.6 Å². The molecule has 3 heterocycles. The molecule has 0 atom stereocenters. The summed E-state index contributed by atoms with van der Waals surface area (Å²) in [5.74, 6) is 0. The van der Waals surface area contributed by atoms with E-state index in [0.717, 1.165) is 16.5 Å². The SMILES string of the molecule is CC1(C)OC(C)(C)c2c1c(=O)nc1c3ccccc3c(C#N)cn21. The molecule has 1 aliphatic rings. The monoisotopic (exact) mass is 319 g/mol. The molecule has 24 heavy (non-hydrogen) atoms. The summed E-state index contributed by atoms with van der Waals surface area (Å²) in [6.45, 7) is 7.63. The summed E-state index contributed by atoms with van der Waals surface area (Å²) in [6.07, 6.45) is 1.76. The predicted octanol–water partition coefficient (Wildman–Crippen LogP) is 3.22. The molecule has 0 saturated carbocycles. The van der Waals surface area contributed by atoms with E-state index < -0.39 is 11.2 Å². The molecule has 4 rings (SSSR count). The lowest BCUT2D eigenvalue weighted by atomic mass is 9.95. The molecule has 5 heteroatoms. The molecule has 0 radical (unpaired) electrons. The minimum absolute atomic E-state index is 0.268. The van der Waals surface area contributed by atoms with Gasteiger partial charge in [-0.3, -0.25) is 4.79 Å². The Bertz CT molecular complexity index is 1120. The van der Waals surface area contributed by atoms with Gasteiger partial charge in [0.05, 0.1) is 22.4 Å². The van der Waals surface area contributed by atoms with Crippen LogP contribution in [0, 0.1) is 11.3 Å². The van der Waals surface area contributed by atoms with E-state index in [9.17, 15) is 10.1 Å². The molecule has 5 nitrogen and oxygen atoms in total. The van der Waals surface area contributed by atoms with Crippen molar-refractivity contribution in [2.24, 2.45) is 0 Å². The summed E-state index contributed by atoms with van der Waals surface area (Å²) >= 11 is 0. The van der Waals surface area contributed by atoms with E-state index in [1.807, 2.05) is 56.4 Å². The lowest BCUT2D eigenvalue weighted by Crippen LogP contribution is -2.27. The van der Waals surface area contributed by atoms with Gasteiger partial charge in [-0.15, -0.1) is 0 Å². The van der Waals surface area contributed by atoms with Gasteiger partial charge in [0, 0.05) is 17.0 Å². The molecule has 0 saturated heterocycles. The number of nitriles is 1. The standard InChI is InChI=1S/C19H17N3O2/c1-18(2)14-15(19(3,4)24-18)22-10-11(9-20)12-7-5-6-8-13(12)16(22)21-17(14)23/h5-8,10H,1-4H3.